The van der Waals surface area contributed by atoms with Crippen molar-refractivity contribution in [2.75, 3.05) is 0 Å². The van der Waals surface area contributed by atoms with Crippen LogP contribution in [0.15, 0.2) is 24.3 Å². The van der Waals surface area contributed by atoms with Crippen LogP contribution in [0.4, 0.5) is 0 Å². The number of hydrogen-bond donors (Lipinski definition) is 1. The van der Waals surface area contributed by atoms with E-state index in [1.54, 1.807) is 0 Å². The summed E-state index contributed by atoms with van der Waals surface area (Å²) in [6.45, 7) is 6.26. The van der Waals surface area contributed by atoms with Crippen molar-refractivity contribution in [3.63, 3.8) is 0 Å². The van der Waals surface area contributed by atoms with E-state index in [1.165, 1.54) is 16.9 Å². The summed E-state index contributed by atoms with van der Waals surface area (Å²) < 4.78 is 0. The lowest BCUT2D eigenvalue weighted by molar-refractivity contribution is 0.485. The Morgan fingerprint density at radius 1 is 1.24 bits per heavy atom. The van der Waals surface area contributed by atoms with Gasteiger partial charge in [0.25, 0.3) is 0 Å². The molecule has 2 aromatic rings. The van der Waals surface area contributed by atoms with E-state index in [0.29, 0.717) is 16.7 Å². The zero-order chi connectivity index (χ0) is 12.4. The van der Waals surface area contributed by atoms with E-state index < -0.39 is 0 Å². The molecule has 0 bridgehead atoms. The van der Waals surface area contributed by atoms with E-state index in [9.17, 15) is 5.11 Å². The highest BCUT2D eigenvalue weighted by Gasteiger charge is 2.08. The molecule has 0 unspecified atom stereocenters. The molecule has 3 heteroatoms. The Hall–Kier alpha value is -1.35. The lowest BCUT2D eigenvalue weighted by Gasteiger charge is -2.05. The SMILES string of the molecule is Cc1nc(-c2ccc(CC(C)C)cc2)sc1O. The van der Waals surface area contributed by atoms with E-state index in [2.05, 4.69) is 43.1 Å². The minimum atomic E-state index is 0.311. The highest BCUT2D eigenvalue weighted by Crippen LogP contribution is 2.32. The molecule has 90 valence electrons. The van der Waals surface area contributed by atoms with E-state index in [1.807, 2.05) is 6.92 Å². The molecule has 2 nitrogen and oxygen atoms in total. The fourth-order valence-electron chi connectivity index (χ4n) is 1.77. The van der Waals surface area contributed by atoms with Gasteiger partial charge >= 0.3 is 0 Å². The first-order chi connectivity index (χ1) is 8.06. The molecule has 1 N–H and O–H groups in total. The summed E-state index contributed by atoms with van der Waals surface area (Å²) in [6.07, 6.45) is 1.10. The van der Waals surface area contributed by atoms with Crippen molar-refractivity contribution in [3.05, 3.63) is 35.5 Å². The van der Waals surface area contributed by atoms with Gasteiger partial charge in [0.15, 0.2) is 5.06 Å². The van der Waals surface area contributed by atoms with Gasteiger partial charge in [0, 0.05) is 5.56 Å². The normalized spacial score (nSPS) is 11.1. The Morgan fingerprint density at radius 3 is 2.35 bits per heavy atom. The molecule has 0 aliphatic heterocycles. The van der Waals surface area contributed by atoms with Crippen molar-refractivity contribution in [1.29, 1.82) is 0 Å². The Balaban J connectivity index is 2.23. The summed E-state index contributed by atoms with van der Waals surface area (Å²) in [4.78, 5) is 4.34. The monoisotopic (exact) mass is 247 g/mol. The fourth-order valence-corrected chi connectivity index (χ4v) is 2.58. The summed E-state index contributed by atoms with van der Waals surface area (Å²) in [5.41, 5.74) is 3.13. The lowest BCUT2D eigenvalue weighted by atomic mass is 10.0. The van der Waals surface area contributed by atoms with Crippen molar-refractivity contribution in [2.24, 2.45) is 5.92 Å². The van der Waals surface area contributed by atoms with Crippen molar-refractivity contribution in [3.8, 4) is 15.6 Å². The molecule has 1 heterocycles. The first-order valence-electron chi connectivity index (χ1n) is 5.82. The molecule has 0 aliphatic carbocycles. The number of benzene rings is 1. The predicted molar refractivity (Wildman–Crippen MR) is 72.5 cm³/mol. The number of nitrogens with zero attached hydrogens (tertiary/aromatic N) is 1. The molecule has 0 fully saturated rings. The Morgan fingerprint density at radius 2 is 1.88 bits per heavy atom. The number of rotatable bonds is 3. The second-order valence-corrected chi connectivity index (χ2v) is 5.68. The molecule has 1 aromatic heterocycles. The highest BCUT2D eigenvalue weighted by atomic mass is 32.1. The number of aromatic nitrogens is 1. The topological polar surface area (TPSA) is 33.1 Å². The van der Waals surface area contributed by atoms with Gasteiger partial charge in [-0.3, -0.25) is 0 Å². The third-order valence-corrected chi connectivity index (χ3v) is 3.63. The third-order valence-electron chi connectivity index (χ3n) is 2.62. The van der Waals surface area contributed by atoms with Crippen molar-refractivity contribution < 1.29 is 5.11 Å². The number of thiazole rings is 1. The lowest BCUT2D eigenvalue weighted by Crippen LogP contribution is -1.93. The largest absolute Gasteiger partial charge is 0.498 e. The molecule has 1 aromatic carbocycles. The summed E-state index contributed by atoms with van der Waals surface area (Å²) >= 11 is 1.33. The molecule has 0 amide bonds. The predicted octanol–water partition coefficient (Wildman–Crippen LogP) is 4.02. The second kappa shape index (κ2) is 4.88. The maximum atomic E-state index is 9.53. The smallest absolute Gasteiger partial charge is 0.195 e. The van der Waals surface area contributed by atoms with Gasteiger partial charge in [-0.05, 0) is 24.8 Å². The third kappa shape index (κ3) is 2.86. The molecule has 0 spiro atoms. The standard InChI is InChI=1S/C14H17NOS/c1-9(2)8-11-4-6-12(7-5-11)13-15-10(3)14(16)17-13/h4-7,9,16H,8H2,1-3H3. The maximum Gasteiger partial charge on any atom is 0.195 e. The van der Waals surface area contributed by atoms with Crippen LogP contribution in [-0.4, -0.2) is 10.1 Å². The highest BCUT2D eigenvalue weighted by molar-refractivity contribution is 7.16. The molecule has 0 saturated heterocycles. The number of aromatic hydroxyl groups is 1. The van der Waals surface area contributed by atoms with Crippen LogP contribution in [0.1, 0.15) is 25.1 Å². The van der Waals surface area contributed by atoms with Crippen LogP contribution in [-0.2, 0) is 6.42 Å². The maximum absolute atomic E-state index is 9.53. The summed E-state index contributed by atoms with van der Waals surface area (Å²) in [5, 5.41) is 10.7. The molecular formula is C14H17NOS. The zero-order valence-electron chi connectivity index (χ0n) is 10.4. The van der Waals surface area contributed by atoms with Crippen LogP contribution in [0.2, 0.25) is 0 Å². The van der Waals surface area contributed by atoms with Crippen LogP contribution in [0.3, 0.4) is 0 Å². The zero-order valence-corrected chi connectivity index (χ0v) is 11.2. The molecule has 17 heavy (non-hydrogen) atoms. The number of aryl methyl sites for hydroxylation is 1. The van der Waals surface area contributed by atoms with Gasteiger partial charge < -0.3 is 5.11 Å². The first kappa shape index (κ1) is 12.1. The van der Waals surface area contributed by atoms with E-state index in [4.69, 9.17) is 0 Å². The molecule has 0 radical (unpaired) electrons. The van der Waals surface area contributed by atoms with Gasteiger partial charge in [-0.25, -0.2) is 4.98 Å². The second-order valence-electron chi connectivity index (χ2n) is 4.70. The first-order valence-corrected chi connectivity index (χ1v) is 6.63. The minimum Gasteiger partial charge on any atom is -0.498 e. The summed E-state index contributed by atoms with van der Waals surface area (Å²) in [6, 6.07) is 8.44. The molecule has 0 atom stereocenters. The van der Waals surface area contributed by atoms with Crippen LogP contribution in [0, 0.1) is 12.8 Å². The Labute approximate surface area is 106 Å². The van der Waals surface area contributed by atoms with Crippen LogP contribution < -0.4 is 0 Å². The Kier molecular flexibility index (Phi) is 3.48. The number of hydrogen-bond acceptors (Lipinski definition) is 3. The van der Waals surface area contributed by atoms with Crippen molar-refractivity contribution in [1.82, 2.24) is 4.98 Å². The van der Waals surface area contributed by atoms with E-state index in [-0.39, 0.29) is 0 Å². The van der Waals surface area contributed by atoms with Crippen molar-refractivity contribution >= 4 is 11.3 Å². The van der Waals surface area contributed by atoms with Crippen LogP contribution in [0.25, 0.3) is 10.6 Å². The van der Waals surface area contributed by atoms with E-state index in [0.717, 1.165) is 17.0 Å². The summed E-state index contributed by atoms with van der Waals surface area (Å²) in [7, 11) is 0. The minimum absolute atomic E-state index is 0.311. The average Bonchev–Trinajstić information content (AvgIpc) is 2.59. The molecule has 2 rings (SSSR count). The van der Waals surface area contributed by atoms with Gasteiger partial charge in [0.2, 0.25) is 0 Å². The quantitative estimate of drug-likeness (QED) is 0.888. The van der Waals surface area contributed by atoms with Gasteiger partial charge in [0.1, 0.15) is 5.01 Å². The van der Waals surface area contributed by atoms with Gasteiger partial charge in [-0.2, -0.15) is 0 Å². The molecule has 0 aliphatic rings. The van der Waals surface area contributed by atoms with E-state index >= 15 is 0 Å². The molecular weight excluding hydrogens is 230 g/mol. The van der Waals surface area contributed by atoms with Gasteiger partial charge in [0.05, 0.1) is 5.69 Å². The average molecular weight is 247 g/mol. The van der Waals surface area contributed by atoms with Crippen molar-refractivity contribution in [2.45, 2.75) is 27.2 Å². The fraction of sp³-hybridized carbons (Fsp3) is 0.357. The Bertz CT molecular complexity index is 480. The van der Waals surface area contributed by atoms with Gasteiger partial charge in [-0.15, -0.1) is 0 Å². The van der Waals surface area contributed by atoms with Crippen LogP contribution >= 0.6 is 11.3 Å². The molecule has 0 saturated carbocycles. The summed E-state index contributed by atoms with van der Waals surface area (Å²) in [5.74, 6) is 0.673. The van der Waals surface area contributed by atoms with Gasteiger partial charge in [-0.1, -0.05) is 49.4 Å². The van der Waals surface area contributed by atoms with Crippen LogP contribution in [0.5, 0.6) is 5.06 Å².